The van der Waals surface area contributed by atoms with E-state index < -0.39 is 17.8 Å². The highest BCUT2D eigenvalue weighted by atomic mass is 16.5. The smallest absolute Gasteiger partial charge is 0.310 e. The number of ether oxygens (including phenoxy) is 1. The van der Waals surface area contributed by atoms with E-state index in [1.807, 2.05) is 12.2 Å². The summed E-state index contributed by atoms with van der Waals surface area (Å²) in [5.41, 5.74) is 0. The molecule has 4 nitrogen and oxygen atoms in total. The SMILES string of the molecule is CCCCCCCCCCCCCCC(CCCC)OC(=O)C1CC=CCC1C(=O)O. The van der Waals surface area contributed by atoms with E-state index in [0.29, 0.717) is 12.8 Å². The van der Waals surface area contributed by atoms with Crippen LogP contribution in [0.5, 0.6) is 0 Å². The monoisotopic (exact) mass is 436 g/mol. The largest absolute Gasteiger partial charge is 0.481 e. The third-order valence-electron chi connectivity index (χ3n) is 6.59. The Balaban J connectivity index is 2.21. The molecule has 0 saturated heterocycles. The molecule has 4 heteroatoms. The first-order chi connectivity index (χ1) is 15.1. The second kappa shape index (κ2) is 18.3. The summed E-state index contributed by atoms with van der Waals surface area (Å²) in [7, 11) is 0. The van der Waals surface area contributed by atoms with Crippen LogP contribution in [-0.4, -0.2) is 23.1 Å². The highest BCUT2D eigenvalue weighted by Crippen LogP contribution is 2.28. The van der Waals surface area contributed by atoms with Crippen LogP contribution >= 0.6 is 0 Å². The highest BCUT2D eigenvalue weighted by Gasteiger charge is 2.36. The van der Waals surface area contributed by atoms with Crippen molar-refractivity contribution in [2.75, 3.05) is 0 Å². The van der Waals surface area contributed by atoms with E-state index in [0.717, 1.165) is 32.1 Å². The van der Waals surface area contributed by atoms with Crippen molar-refractivity contribution in [1.29, 1.82) is 0 Å². The van der Waals surface area contributed by atoms with E-state index in [-0.39, 0.29) is 12.1 Å². The Labute approximate surface area is 191 Å². The van der Waals surface area contributed by atoms with Gasteiger partial charge in [0.2, 0.25) is 0 Å². The van der Waals surface area contributed by atoms with Crippen molar-refractivity contribution in [1.82, 2.24) is 0 Å². The number of hydrogen-bond donors (Lipinski definition) is 1. The summed E-state index contributed by atoms with van der Waals surface area (Å²) in [4.78, 5) is 24.2. The van der Waals surface area contributed by atoms with Gasteiger partial charge in [0.15, 0.2) is 0 Å². The van der Waals surface area contributed by atoms with Gasteiger partial charge >= 0.3 is 11.9 Å². The predicted molar refractivity (Wildman–Crippen MR) is 128 cm³/mol. The van der Waals surface area contributed by atoms with Gasteiger partial charge in [-0.3, -0.25) is 9.59 Å². The van der Waals surface area contributed by atoms with Gasteiger partial charge in [-0.1, -0.05) is 109 Å². The summed E-state index contributed by atoms with van der Waals surface area (Å²) < 4.78 is 5.84. The molecule has 0 amide bonds. The number of unbranched alkanes of at least 4 members (excludes halogenated alkanes) is 12. The molecule has 0 aromatic carbocycles. The van der Waals surface area contributed by atoms with Crippen molar-refractivity contribution in [3.63, 3.8) is 0 Å². The topological polar surface area (TPSA) is 63.6 Å². The molecule has 1 rings (SSSR count). The molecule has 3 atom stereocenters. The quantitative estimate of drug-likeness (QED) is 0.127. The minimum Gasteiger partial charge on any atom is -0.481 e. The normalized spacial score (nSPS) is 19.3. The van der Waals surface area contributed by atoms with Gasteiger partial charge in [0, 0.05) is 0 Å². The number of rotatable bonds is 19. The molecule has 0 fully saturated rings. The van der Waals surface area contributed by atoms with Crippen molar-refractivity contribution in [3.05, 3.63) is 12.2 Å². The number of hydrogen-bond acceptors (Lipinski definition) is 3. The molecular formula is C27H48O4. The predicted octanol–water partition coefficient (Wildman–Crippen LogP) is 7.85. The second-order valence-corrected chi connectivity index (χ2v) is 9.37. The first kappa shape index (κ1) is 27.7. The van der Waals surface area contributed by atoms with Crippen LogP contribution in [0.15, 0.2) is 12.2 Å². The van der Waals surface area contributed by atoms with Crippen molar-refractivity contribution >= 4 is 11.9 Å². The van der Waals surface area contributed by atoms with E-state index >= 15 is 0 Å². The maximum absolute atomic E-state index is 12.7. The number of allylic oxidation sites excluding steroid dienone is 2. The molecule has 1 aliphatic carbocycles. The Morgan fingerprint density at radius 3 is 1.71 bits per heavy atom. The van der Waals surface area contributed by atoms with Gasteiger partial charge in [0.25, 0.3) is 0 Å². The molecule has 31 heavy (non-hydrogen) atoms. The zero-order chi connectivity index (χ0) is 22.7. The third kappa shape index (κ3) is 13.0. The molecule has 0 saturated carbocycles. The van der Waals surface area contributed by atoms with Crippen molar-refractivity contribution in [3.8, 4) is 0 Å². The number of carboxylic acids is 1. The molecule has 0 heterocycles. The van der Waals surface area contributed by atoms with Crippen LogP contribution in [0, 0.1) is 11.8 Å². The van der Waals surface area contributed by atoms with Crippen LogP contribution in [0.2, 0.25) is 0 Å². The first-order valence-corrected chi connectivity index (χ1v) is 13.2. The van der Waals surface area contributed by atoms with Crippen molar-refractivity contribution < 1.29 is 19.4 Å². The lowest BCUT2D eigenvalue weighted by atomic mass is 9.83. The van der Waals surface area contributed by atoms with Crippen molar-refractivity contribution in [2.45, 2.75) is 136 Å². The van der Waals surface area contributed by atoms with Gasteiger partial charge in [0.05, 0.1) is 11.8 Å². The number of aliphatic carboxylic acids is 1. The maximum atomic E-state index is 12.7. The standard InChI is InChI=1S/C27H48O4/c1-3-5-7-8-9-10-11-12-13-14-15-16-20-23(19-6-4-2)31-27(30)25-22-18-17-21-24(25)26(28)29/h17-18,23-25H,3-16,19-22H2,1-2H3,(H,28,29). The number of carbonyl (C=O) groups is 2. The summed E-state index contributed by atoms with van der Waals surface area (Å²) in [6.45, 7) is 4.41. The molecule has 180 valence electrons. The van der Waals surface area contributed by atoms with Crippen LogP contribution in [0.1, 0.15) is 129 Å². The molecular weight excluding hydrogens is 388 g/mol. The fourth-order valence-corrected chi connectivity index (χ4v) is 4.51. The highest BCUT2D eigenvalue weighted by molar-refractivity contribution is 5.81. The number of carbonyl (C=O) groups excluding carboxylic acids is 1. The molecule has 0 radical (unpaired) electrons. The molecule has 0 aromatic heterocycles. The van der Waals surface area contributed by atoms with Gasteiger partial charge in [-0.15, -0.1) is 0 Å². The summed E-state index contributed by atoms with van der Waals surface area (Å²) in [6.07, 6.45) is 24.4. The van der Waals surface area contributed by atoms with E-state index in [2.05, 4.69) is 13.8 Å². The summed E-state index contributed by atoms with van der Waals surface area (Å²) >= 11 is 0. The Morgan fingerprint density at radius 2 is 1.19 bits per heavy atom. The average molecular weight is 437 g/mol. The maximum Gasteiger partial charge on any atom is 0.310 e. The zero-order valence-electron chi connectivity index (χ0n) is 20.3. The van der Waals surface area contributed by atoms with Gasteiger partial charge < -0.3 is 9.84 Å². The molecule has 1 N–H and O–H groups in total. The van der Waals surface area contributed by atoms with Gasteiger partial charge in [-0.05, 0) is 32.1 Å². The van der Waals surface area contributed by atoms with Gasteiger partial charge in [-0.2, -0.15) is 0 Å². The minimum absolute atomic E-state index is 0.0593. The van der Waals surface area contributed by atoms with Crippen LogP contribution in [0.4, 0.5) is 0 Å². The second-order valence-electron chi connectivity index (χ2n) is 9.37. The Bertz CT molecular complexity index is 499. The summed E-state index contributed by atoms with van der Waals surface area (Å²) in [5, 5.41) is 9.42. The van der Waals surface area contributed by atoms with Crippen LogP contribution in [-0.2, 0) is 14.3 Å². The van der Waals surface area contributed by atoms with Gasteiger partial charge in [-0.25, -0.2) is 0 Å². The van der Waals surface area contributed by atoms with E-state index in [9.17, 15) is 14.7 Å². The molecule has 0 spiro atoms. The lowest BCUT2D eigenvalue weighted by Gasteiger charge is -2.26. The van der Waals surface area contributed by atoms with E-state index in [4.69, 9.17) is 4.74 Å². The fourth-order valence-electron chi connectivity index (χ4n) is 4.51. The Kier molecular flexibility index (Phi) is 16.3. The zero-order valence-corrected chi connectivity index (χ0v) is 20.3. The number of esters is 1. The van der Waals surface area contributed by atoms with Crippen LogP contribution in [0.3, 0.4) is 0 Å². The first-order valence-electron chi connectivity index (χ1n) is 13.2. The lowest BCUT2D eigenvalue weighted by molar-refractivity contribution is -0.162. The Morgan fingerprint density at radius 1 is 0.742 bits per heavy atom. The van der Waals surface area contributed by atoms with E-state index in [1.165, 1.54) is 70.6 Å². The van der Waals surface area contributed by atoms with Crippen LogP contribution < -0.4 is 0 Å². The molecule has 3 unspecified atom stereocenters. The fraction of sp³-hybridized carbons (Fsp3) is 0.852. The number of carboxylic acid groups (broad SMARTS) is 1. The third-order valence-corrected chi connectivity index (χ3v) is 6.59. The molecule has 0 aromatic rings. The molecule has 0 aliphatic heterocycles. The minimum atomic E-state index is -0.891. The summed E-state index contributed by atoms with van der Waals surface area (Å²) in [6, 6.07) is 0. The lowest BCUT2D eigenvalue weighted by Crippen LogP contribution is -2.34. The van der Waals surface area contributed by atoms with E-state index in [1.54, 1.807) is 0 Å². The van der Waals surface area contributed by atoms with Crippen LogP contribution in [0.25, 0.3) is 0 Å². The average Bonchev–Trinajstić information content (AvgIpc) is 2.77. The van der Waals surface area contributed by atoms with Gasteiger partial charge in [0.1, 0.15) is 6.10 Å². The Hall–Kier alpha value is -1.32. The summed E-state index contributed by atoms with van der Waals surface area (Å²) in [5.74, 6) is -2.38. The van der Waals surface area contributed by atoms with Crippen molar-refractivity contribution in [2.24, 2.45) is 11.8 Å². The molecule has 1 aliphatic rings. The molecule has 0 bridgehead atoms.